The highest BCUT2D eigenvalue weighted by molar-refractivity contribution is 5.96. The number of aromatic nitrogens is 1. The summed E-state index contributed by atoms with van der Waals surface area (Å²) in [5.41, 5.74) is 1.77. The minimum Gasteiger partial charge on any atom is -0.497 e. The van der Waals surface area contributed by atoms with Crippen molar-refractivity contribution in [2.45, 2.75) is 0 Å². The third-order valence-electron chi connectivity index (χ3n) is 3.32. The molecule has 1 heterocycles. The van der Waals surface area contributed by atoms with Crippen molar-refractivity contribution in [3.05, 3.63) is 54.4 Å². The van der Waals surface area contributed by atoms with Gasteiger partial charge in [-0.2, -0.15) is 0 Å². The first kappa shape index (κ1) is 12.3. The lowest BCUT2D eigenvalue weighted by atomic mass is 10.0. The van der Waals surface area contributed by atoms with Crippen LogP contribution in [-0.2, 0) is 0 Å². The molecule has 0 fully saturated rings. The molecule has 0 aliphatic carbocycles. The first-order valence-corrected chi connectivity index (χ1v) is 6.18. The van der Waals surface area contributed by atoms with E-state index in [0.717, 1.165) is 22.1 Å². The number of nitrogens with one attached hydrogen (secondary N) is 1. The van der Waals surface area contributed by atoms with Gasteiger partial charge in [-0.3, -0.25) is 0 Å². The van der Waals surface area contributed by atoms with Gasteiger partial charge in [0.2, 0.25) is 0 Å². The van der Waals surface area contributed by atoms with Crippen LogP contribution in [0.15, 0.2) is 48.7 Å². The van der Waals surface area contributed by atoms with E-state index < -0.39 is 5.97 Å². The minimum atomic E-state index is -0.958. The average Bonchev–Trinajstić information content (AvgIpc) is 2.95. The van der Waals surface area contributed by atoms with Crippen LogP contribution in [0.3, 0.4) is 0 Å². The number of H-pyrrole nitrogens is 1. The van der Waals surface area contributed by atoms with Crippen LogP contribution in [0.25, 0.3) is 21.9 Å². The van der Waals surface area contributed by atoms with Crippen LogP contribution in [0.2, 0.25) is 0 Å². The van der Waals surface area contributed by atoms with Gasteiger partial charge in [0.15, 0.2) is 0 Å². The average molecular weight is 267 g/mol. The monoisotopic (exact) mass is 267 g/mol. The lowest BCUT2D eigenvalue weighted by molar-refractivity contribution is 0.0692. The van der Waals surface area contributed by atoms with E-state index in [-0.39, 0.29) is 5.69 Å². The molecule has 0 radical (unpaired) electrons. The van der Waals surface area contributed by atoms with Crippen molar-refractivity contribution >= 4 is 16.7 Å². The first-order chi connectivity index (χ1) is 9.69. The largest absolute Gasteiger partial charge is 0.497 e. The van der Waals surface area contributed by atoms with Gasteiger partial charge in [-0.1, -0.05) is 18.2 Å². The summed E-state index contributed by atoms with van der Waals surface area (Å²) in [7, 11) is 1.63. The molecule has 2 aromatic carbocycles. The van der Waals surface area contributed by atoms with E-state index in [0.29, 0.717) is 5.56 Å². The number of carboxylic acid groups (broad SMARTS) is 1. The molecule has 3 aromatic rings. The third kappa shape index (κ3) is 2.01. The number of methoxy groups -OCH3 is 1. The molecule has 0 spiro atoms. The van der Waals surface area contributed by atoms with E-state index >= 15 is 0 Å². The van der Waals surface area contributed by atoms with Crippen molar-refractivity contribution in [2.75, 3.05) is 7.11 Å². The molecular weight excluding hydrogens is 254 g/mol. The number of carbonyl (C=O) groups is 1. The van der Waals surface area contributed by atoms with E-state index in [4.69, 9.17) is 9.84 Å². The van der Waals surface area contributed by atoms with Gasteiger partial charge in [-0.05, 0) is 40.6 Å². The number of hydrogen-bond acceptors (Lipinski definition) is 2. The van der Waals surface area contributed by atoms with Crippen molar-refractivity contribution < 1.29 is 14.6 Å². The molecular formula is C16H13NO3. The molecule has 1 aromatic heterocycles. The van der Waals surface area contributed by atoms with Gasteiger partial charge >= 0.3 is 5.97 Å². The van der Waals surface area contributed by atoms with Crippen molar-refractivity contribution in [3.8, 4) is 16.9 Å². The molecule has 0 unspecified atom stereocenters. The van der Waals surface area contributed by atoms with E-state index in [1.807, 2.05) is 36.4 Å². The summed E-state index contributed by atoms with van der Waals surface area (Å²) in [4.78, 5) is 13.9. The summed E-state index contributed by atoms with van der Waals surface area (Å²) in [6.45, 7) is 0. The quantitative estimate of drug-likeness (QED) is 0.763. The molecule has 2 N–H and O–H groups in total. The number of fused-ring (bicyclic) bond motifs is 1. The number of ether oxygens (including phenoxy) is 1. The van der Waals surface area contributed by atoms with Gasteiger partial charge in [-0.25, -0.2) is 4.79 Å². The summed E-state index contributed by atoms with van der Waals surface area (Å²) < 4.78 is 5.19. The van der Waals surface area contributed by atoms with E-state index in [9.17, 15) is 4.79 Å². The minimum absolute atomic E-state index is 0.206. The maximum absolute atomic E-state index is 11.2. The zero-order valence-corrected chi connectivity index (χ0v) is 10.9. The maximum Gasteiger partial charge on any atom is 0.352 e. The Morgan fingerprint density at radius 3 is 2.60 bits per heavy atom. The SMILES string of the molecule is COc1ccc2cc(-c3cc[nH]c3C(=O)O)ccc2c1. The van der Waals surface area contributed by atoms with Crippen LogP contribution in [0.4, 0.5) is 0 Å². The predicted octanol–water partition coefficient (Wildman–Crippen LogP) is 3.54. The van der Waals surface area contributed by atoms with Gasteiger partial charge < -0.3 is 14.8 Å². The Kier molecular flexibility index (Phi) is 2.91. The second kappa shape index (κ2) is 4.74. The maximum atomic E-state index is 11.2. The highest BCUT2D eigenvalue weighted by Crippen LogP contribution is 2.28. The Morgan fingerprint density at radius 2 is 1.85 bits per heavy atom. The Balaban J connectivity index is 2.13. The highest BCUT2D eigenvalue weighted by Gasteiger charge is 2.12. The topological polar surface area (TPSA) is 62.3 Å². The van der Waals surface area contributed by atoms with Crippen LogP contribution in [-0.4, -0.2) is 23.2 Å². The number of benzene rings is 2. The Morgan fingerprint density at radius 1 is 1.10 bits per heavy atom. The molecule has 0 bridgehead atoms. The van der Waals surface area contributed by atoms with Crippen molar-refractivity contribution in [1.29, 1.82) is 0 Å². The molecule has 0 atom stereocenters. The summed E-state index contributed by atoms with van der Waals surface area (Å²) >= 11 is 0. The molecule has 0 aliphatic rings. The second-order valence-corrected chi connectivity index (χ2v) is 4.50. The van der Waals surface area contributed by atoms with Crippen LogP contribution >= 0.6 is 0 Å². The van der Waals surface area contributed by atoms with Gasteiger partial charge in [0.25, 0.3) is 0 Å². The summed E-state index contributed by atoms with van der Waals surface area (Å²) in [6, 6.07) is 13.4. The van der Waals surface area contributed by atoms with Crippen LogP contribution in [0.1, 0.15) is 10.5 Å². The smallest absolute Gasteiger partial charge is 0.352 e. The van der Waals surface area contributed by atoms with Gasteiger partial charge in [0.1, 0.15) is 11.4 Å². The van der Waals surface area contributed by atoms with Crippen LogP contribution in [0, 0.1) is 0 Å². The van der Waals surface area contributed by atoms with E-state index in [2.05, 4.69) is 4.98 Å². The fourth-order valence-corrected chi connectivity index (χ4v) is 2.31. The number of aromatic amines is 1. The number of carboxylic acids is 1. The molecule has 0 saturated carbocycles. The van der Waals surface area contributed by atoms with Crippen molar-refractivity contribution in [1.82, 2.24) is 4.98 Å². The van der Waals surface area contributed by atoms with Crippen molar-refractivity contribution in [2.24, 2.45) is 0 Å². The summed E-state index contributed by atoms with van der Waals surface area (Å²) in [5, 5.41) is 11.2. The Labute approximate surface area is 115 Å². The fourth-order valence-electron chi connectivity index (χ4n) is 2.31. The van der Waals surface area contributed by atoms with Gasteiger partial charge in [0, 0.05) is 11.8 Å². The molecule has 0 aliphatic heterocycles. The zero-order chi connectivity index (χ0) is 14.1. The molecule has 3 rings (SSSR count). The predicted molar refractivity (Wildman–Crippen MR) is 77.2 cm³/mol. The second-order valence-electron chi connectivity index (χ2n) is 4.50. The first-order valence-electron chi connectivity index (χ1n) is 6.18. The van der Waals surface area contributed by atoms with Crippen LogP contribution in [0.5, 0.6) is 5.75 Å². The lowest BCUT2D eigenvalue weighted by Crippen LogP contribution is -1.98. The van der Waals surface area contributed by atoms with Gasteiger partial charge in [-0.15, -0.1) is 0 Å². The van der Waals surface area contributed by atoms with Crippen LogP contribution < -0.4 is 4.74 Å². The fraction of sp³-hybridized carbons (Fsp3) is 0.0625. The Bertz CT molecular complexity index is 789. The standard InChI is InChI=1S/C16H13NO3/c1-20-13-5-4-10-8-12(3-2-11(10)9-13)14-6-7-17-15(14)16(18)19/h2-9,17H,1H3,(H,18,19). The zero-order valence-electron chi connectivity index (χ0n) is 10.9. The molecule has 20 heavy (non-hydrogen) atoms. The lowest BCUT2D eigenvalue weighted by Gasteiger charge is -2.05. The molecule has 4 nitrogen and oxygen atoms in total. The highest BCUT2D eigenvalue weighted by atomic mass is 16.5. The molecule has 100 valence electrons. The third-order valence-corrected chi connectivity index (χ3v) is 3.32. The normalized spacial score (nSPS) is 10.7. The molecule has 0 amide bonds. The molecule has 4 heteroatoms. The summed E-state index contributed by atoms with van der Waals surface area (Å²) in [6.07, 6.45) is 1.64. The summed E-state index contributed by atoms with van der Waals surface area (Å²) in [5.74, 6) is -0.155. The van der Waals surface area contributed by atoms with Gasteiger partial charge in [0.05, 0.1) is 7.11 Å². The Hall–Kier alpha value is -2.75. The number of rotatable bonds is 3. The van der Waals surface area contributed by atoms with E-state index in [1.165, 1.54) is 0 Å². The molecule has 0 saturated heterocycles. The number of aromatic carboxylic acids is 1. The number of hydrogen-bond donors (Lipinski definition) is 2. The van der Waals surface area contributed by atoms with E-state index in [1.54, 1.807) is 19.4 Å². The van der Waals surface area contributed by atoms with Crippen molar-refractivity contribution in [3.63, 3.8) is 0 Å².